The second-order valence-electron chi connectivity index (χ2n) is 12.2. The number of benzene rings is 6. The van der Waals surface area contributed by atoms with Gasteiger partial charge in [-0.15, -0.1) is 0 Å². The number of ether oxygens (including phenoxy) is 1. The van der Waals surface area contributed by atoms with E-state index in [1.54, 1.807) is 0 Å². The van der Waals surface area contributed by atoms with Crippen molar-refractivity contribution in [1.82, 2.24) is 9.13 Å². The predicted molar refractivity (Wildman–Crippen MR) is 187 cm³/mol. The molecule has 47 heavy (non-hydrogen) atoms. The number of aromatic nitrogens is 2. The summed E-state index contributed by atoms with van der Waals surface area (Å²) in [5.41, 5.74) is 7.45. The molecule has 0 amide bonds. The van der Waals surface area contributed by atoms with Crippen molar-refractivity contribution in [1.29, 1.82) is 10.5 Å². The number of allylic oxidation sites excluding steroid dienone is 2. The van der Waals surface area contributed by atoms with Gasteiger partial charge in [-0.25, -0.2) is 0 Å². The highest BCUT2D eigenvalue weighted by Gasteiger charge is 2.35. The molecule has 10 rings (SSSR count). The molecule has 2 atom stereocenters. The lowest BCUT2D eigenvalue weighted by atomic mass is 9.89. The summed E-state index contributed by atoms with van der Waals surface area (Å²) in [6, 6.07) is 42.1. The van der Waals surface area contributed by atoms with Crippen molar-refractivity contribution in [2.45, 2.75) is 12.0 Å². The molecule has 0 bridgehead atoms. The molecule has 6 aromatic carbocycles. The Balaban J connectivity index is 1.28. The molecule has 1 aliphatic carbocycles. The minimum atomic E-state index is -0.0369. The normalized spacial score (nSPS) is 16.5. The number of nitrogens with zero attached hydrogens (tertiary/aromatic N) is 4. The molecule has 5 nitrogen and oxygen atoms in total. The fraction of sp³-hybridized carbons (Fsp3) is 0.0476. The second-order valence-corrected chi connectivity index (χ2v) is 12.2. The van der Waals surface area contributed by atoms with E-state index in [4.69, 9.17) is 4.74 Å². The number of nitriles is 2. The van der Waals surface area contributed by atoms with Gasteiger partial charge in [0.1, 0.15) is 24.0 Å². The van der Waals surface area contributed by atoms with Crippen molar-refractivity contribution in [3.63, 3.8) is 0 Å². The van der Waals surface area contributed by atoms with E-state index in [2.05, 4.69) is 118 Å². The summed E-state index contributed by atoms with van der Waals surface area (Å²) < 4.78 is 10.7. The molecule has 0 radical (unpaired) electrons. The van der Waals surface area contributed by atoms with Crippen LogP contribution in [0.5, 0.6) is 5.75 Å². The zero-order chi connectivity index (χ0) is 31.2. The Morgan fingerprint density at radius 2 is 1.13 bits per heavy atom. The van der Waals surface area contributed by atoms with Crippen LogP contribution in [-0.2, 0) is 0 Å². The molecule has 218 valence electrons. The third-order valence-electron chi connectivity index (χ3n) is 9.92. The Morgan fingerprint density at radius 1 is 0.553 bits per heavy atom. The van der Waals surface area contributed by atoms with Gasteiger partial charge in [-0.1, -0.05) is 85.0 Å². The number of hydrogen-bond donors (Lipinski definition) is 0. The molecule has 3 heterocycles. The van der Waals surface area contributed by atoms with Crippen LogP contribution in [0.25, 0.3) is 65.8 Å². The highest BCUT2D eigenvalue weighted by Crippen LogP contribution is 2.49. The van der Waals surface area contributed by atoms with Gasteiger partial charge in [-0.2, -0.15) is 10.5 Å². The Bertz CT molecular complexity index is 2820. The molecule has 5 heteroatoms. The van der Waals surface area contributed by atoms with E-state index < -0.39 is 0 Å². The maximum Gasteiger partial charge on any atom is 0.128 e. The van der Waals surface area contributed by atoms with Crippen LogP contribution in [0.1, 0.15) is 22.6 Å². The lowest BCUT2D eigenvalue weighted by molar-refractivity contribution is 0.269. The maximum atomic E-state index is 10.7. The fourth-order valence-corrected chi connectivity index (χ4v) is 7.99. The van der Waals surface area contributed by atoms with Crippen LogP contribution >= 0.6 is 0 Å². The van der Waals surface area contributed by atoms with Crippen LogP contribution in [0, 0.1) is 22.7 Å². The lowest BCUT2D eigenvalue weighted by Crippen LogP contribution is -2.15. The van der Waals surface area contributed by atoms with Crippen molar-refractivity contribution in [3.8, 4) is 29.3 Å². The van der Waals surface area contributed by atoms with Gasteiger partial charge in [0, 0.05) is 33.0 Å². The molecule has 2 aliphatic rings. The van der Waals surface area contributed by atoms with Crippen molar-refractivity contribution in [2.75, 3.05) is 0 Å². The average molecular weight is 601 g/mol. The molecule has 2 unspecified atom stereocenters. The fourth-order valence-electron chi connectivity index (χ4n) is 7.99. The summed E-state index contributed by atoms with van der Waals surface area (Å²) in [5, 5.41) is 28.2. The first-order valence-electron chi connectivity index (χ1n) is 15.7. The summed E-state index contributed by atoms with van der Waals surface area (Å²) in [7, 11) is 0. The summed E-state index contributed by atoms with van der Waals surface area (Å²) in [4.78, 5) is 0. The quantitative estimate of drug-likeness (QED) is 0.198. The minimum absolute atomic E-state index is 0.0369. The van der Waals surface area contributed by atoms with Gasteiger partial charge < -0.3 is 13.9 Å². The van der Waals surface area contributed by atoms with Crippen molar-refractivity contribution >= 4 is 54.4 Å². The number of hydrogen-bond acceptors (Lipinski definition) is 3. The van der Waals surface area contributed by atoms with Crippen LogP contribution in [0.15, 0.2) is 133 Å². The number of para-hydroxylation sites is 2. The average Bonchev–Trinajstić information content (AvgIpc) is 3.78. The zero-order valence-electron chi connectivity index (χ0n) is 25.1. The van der Waals surface area contributed by atoms with Crippen LogP contribution < -0.4 is 4.74 Å². The number of fused-ring (bicyclic) bond motifs is 12. The van der Waals surface area contributed by atoms with Gasteiger partial charge in [0.15, 0.2) is 0 Å². The van der Waals surface area contributed by atoms with E-state index in [1.807, 2.05) is 36.4 Å². The zero-order valence-corrected chi connectivity index (χ0v) is 25.1. The van der Waals surface area contributed by atoms with E-state index in [1.165, 1.54) is 0 Å². The molecule has 0 spiro atoms. The first-order chi connectivity index (χ1) is 23.2. The van der Waals surface area contributed by atoms with Gasteiger partial charge >= 0.3 is 0 Å². The molecular formula is C42H24N4O. The highest BCUT2D eigenvalue weighted by atomic mass is 16.5. The van der Waals surface area contributed by atoms with E-state index in [9.17, 15) is 10.5 Å². The summed E-state index contributed by atoms with van der Waals surface area (Å²) in [6.45, 7) is 0. The third kappa shape index (κ3) is 3.40. The molecule has 0 saturated heterocycles. The standard InChI is InChI=1S/C42H24N4O/c43-23-26-22-37(46-33-15-7-4-12-30(33)41-35(46)19-20-39-42(41)31-13-5-8-16-38(31)47-39)27(24-44)21-36(26)45-32-14-6-3-11-29(32)40-28-10-2-1-9-25(28)17-18-34(40)45/h1-22,31,38H. The van der Waals surface area contributed by atoms with E-state index in [-0.39, 0.29) is 12.0 Å². The molecule has 0 saturated carbocycles. The Labute approximate surface area is 269 Å². The first kappa shape index (κ1) is 25.7. The summed E-state index contributed by atoms with van der Waals surface area (Å²) >= 11 is 0. The largest absolute Gasteiger partial charge is 0.485 e. The molecule has 0 fully saturated rings. The summed E-state index contributed by atoms with van der Waals surface area (Å²) in [5.74, 6) is 0.996. The smallest absolute Gasteiger partial charge is 0.128 e. The predicted octanol–water partition coefficient (Wildman–Crippen LogP) is 9.75. The monoisotopic (exact) mass is 600 g/mol. The van der Waals surface area contributed by atoms with Crippen molar-refractivity contribution in [3.05, 3.63) is 150 Å². The first-order valence-corrected chi connectivity index (χ1v) is 15.7. The molecule has 0 N–H and O–H groups in total. The Kier molecular flexibility index (Phi) is 5.19. The van der Waals surface area contributed by atoms with Crippen LogP contribution in [0.4, 0.5) is 0 Å². The van der Waals surface area contributed by atoms with Crippen LogP contribution in [0.3, 0.4) is 0 Å². The number of rotatable bonds is 2. The second kappa shape index (κ2) is 9.47. The van der Waals surface area contributed by atoms with Gasteiger partial charge in [-0.3, -0.25) is 0 Å². The van der Waals surface area contributed by atoms with Crippen molar-refractivity contribution < 1.29 is 4.74 Å². The molecule has 8 aromatic rings. The van der Waals surface area contributed by atoms with E-state index in [0.29, 0.717) is 22.5 Å². The summed E-state index contributed by atoms with van der Waals surface area (Å²) in [6.07, 6.45) is 8.40. The molecule has 2 aromatic heterocycles. The lowest BCUT2D eigenvalue weighted by Gasteiger charge is -2.16. The Morgan fingerprint density at radius 3 is 1.83 bits per heavy atom. The molecular weight excluding hydrogens is 576 g/mol. The molecule has 1 aliphatic heterocycles. The van der Waals surface area contributed by atoms with Crippen LogP contribution in [0.2, 0.25) is 0 Å². The van der Waals surface area contributed by atoms with Crippen molar-refractivity contribution in [2.24, 2.45) is 0 Å². The van der Waals surface area contributed by atoms with E-state index >= 15 is 0 Å². The Hall–Kier alpha value is -6.56. The topological polar surface area (TPSA) is 66.7 Å². The van der Waals surface area contributed by atoms with Gasteiger partial charge in [0.2, 0.25) is 0 Å². The minimum Gasteiger partial charge on any atom is -0.485 e. The highest BCUT2D eigenvalue weighted by molar-refractivity contribution is 6.21. The van der Waals surface area contributed by atoms with E-state index in [0.717, 1.165) is 65.7 Å². The van der Waals surface area contributed by atoms with Gasteiger partial charge in [-0.05, 0) is 59.3 Å². The van der Waals surface area contributed by atoms with Gasteiger partial charge in [0.25, 0.3) is 0 Å². The maximum absolute atomic E-state index is 10.7. The van der Waals surface area contributed by atoms with Gasteiger partial charge in [0.05, 0.1) is 44.6 Å². The SMILES string of the molecule is N#Cc1cc(-n2c3ccccc3c3c4ccccc4ccc32)c(C#N)cc1-n1c2ccccc2c2c3c(ccc21)OC1C=CC=CC31. The van der Waals surface area contributed by atoms with Crippen LogP contribution in [-0.4, -0.2) is 15.2 Å². The third-order valence-corrected chi connectivity index (χ3v) is 9.92.